The van der Waals surface area contributed by atoms with Gasteiger partial charge in [-0.05, 0) is 55.5 Å². The molecule has 29 heavy (non-hydrogen) atoms. The minimum absolute atomic E-state index is 0.0379. The van der Waals surface area contributed by atoms with Crippen molar-refractivity contribution in [3.63, 3.8) is 0 Å². The molecule has 0 saturated heterocycles. The van der Waals surface area contributed by atoms with Gasteiger partial charge in [-0.15, -0.1) is 0 Å². The molecule has 0 radical (unpaired) electrons. The second kappa shape index (κ2) is 8.82. The van der Waals surface area contributed by atoms with E-state index in [9.17, 15) is 9.59 Å². The molecule has 3 rings (SSSR count). The molecule has 0 bridgehead atoms. The molecule has 2 heterocycles. The first-order valence-corrected chi connectivity index (χ1v) is 10.3. The third kappa shape index (κ3) is 4.88. The average Bonchev–Trinajstić information content (AvgIpc) is 2.91. The van der Waals surface area contributed by atoms with Gasteiger partial charge in [-0.2, -0.15) is 5.10 Å². The third-order valence-corrected chi connectivity index (χ3v) is 5.29. The van der Waals surface area contributed by atoms with Crippen LogP contribution in [0.5, 0.6) is 0 Å². The molecular formula is C22H27ClN4O2. The lowest BCUT2D eigenvalue weighted by molar-refractivity contribution is -0.116. The van der Waals surface area contributed by atoms with E-state index in [0.29, 0.717) is 16.8 Å². The van der Waals surface area contributed by atoms with Crippen molar-refractivity contribution in [1.82, 2.24) is 9.78 Å². The minimum Gasteiger partial charge on any atom is -0.323 e. The van der Waals surface area contributed by atoms with Crippen molar-refractivity contribution in [2.45, 2.75) is 47.1 Å². The van der Waals surface area contributed by atoms with Crippen LogP contribution in [0.2, 0.25) is 5.15 Å². The number of benzene rings is 1. The molecule has 1 aromatic carbocycles. The highest BCUT2D eigenvalue weighted by Gasteiger charge is 2.20. The highest BCUT2D eigenvalue weighted by Crippen LogP contribution is 2.30. The lowest BCUT2D eigenvalue weighted by Crippen LogP contribution is -2.33. The molecule has 0 unspecified atom stereocenters. The van der Waals surface area contributed by atoms with Crippen molar-refractivity contribution >= 4 is 40.9 Å². The fourth-order valence-corrected chi connectivity index (χ4v) is 3.87. The van der Waals surface area contributed by atoms with E-state index in [0.717, 1.165) is 48.4 Å². The first-order chi connectivity index (χ1) is 13.8. The van der Waals surface area contributed by atoms with Crippen molar-refractivity contribution in [2.75, 3.05) is 16.8 Å². The number of nitrogens with zero attached hydrogens (tertiary/aromatic N) is 3. The first kappa shape index (κ1) is 21.1. The van der Waals surface area contributed by atoms with Gasteiger partial charge in [0.25, 0.3) is 0 Å². The zero-order valence-electron chi connectivity index (χ0n) is 17.3. The van der Waals surface area contributed by atoms with Crippen LogP contribution in [-0.2, 0) is 22.6 Å². The third-order valence-electron chi connectivity index (χ3n) is 4.89. The Labute approximate surface area is 176 Å². The van der Waals surface area contributed by atoms with Gasteiger partial charge in [-0.3, -0.25) is 14.3 Å². The Bertz CT molecular complexity index is 962. The van der Waals surface area contributed by atoms with E-state index in [-0.39, 0.29) is 11.8 Å². The topological polar surface area (TPSA) is 67.2 Å². The first-order valence-electron chi connectivity index (χ1n) is 9.89. The summed E-state index contributed by atoms with van der Waals surface area (Å²) in [6.07, 6.45) is 4.98. The Balaban J connectivity index is 1.72. The molecule has 0 spiro atoms. The van der Waals surface area contributed by atoms with Crippen molar-refractivity contribution in [3.8, 4) is 0 Å². The molecule has 1 N–H and O–H groups in total. The molecule has 6 nitrogen and oxygen atoms in total. The quantitative estimate of drug-likeness (QED) is 0.735. The number of carbonyl (C=O) groups excluding carboxylic acids is 2. The van der Waals surface area contributed by atoms with Gasteiger partial charge in [0.15, 0.2) is 0 Å². The Kier molecular flexibility index (Phi) is 6.42. The van der Waals surface area contributed by atoms with Crippen molar-refractivity contribution in [2.24, 2.45) is 5.92 Å². The molecule has 0 atom stereocenters. The SMILES string of the molecule is CC(=O)N1CCCc2cc(NC(=O)/C=C/c3c(C)nn(CC(C)C)c3Cl)ccc21. The van der Waals surface area contributed by atoms with Gasteiger partial charge in [0.05, 0.1) is 5.69 Å². The highest BCUT2D eigenvalue weighted by atomic mass is 35.5. The molecule has 7 heteroatoms. The number of rotatable bonds is 5. The lowest BCUT2D eigenvalue weighted by atomic mass is 10.0. The predicted octanol–water partition coefficient (Wildman–Crippen LogP) is 4.45. The van der Waals surface area contributed by atoms with Crippen LogP contribution in [0.1, 0.15) is 44.0 Å². The normalized spacial score (nSPS) is 13.8. The van der Waals surface area contributed by atoms with E-state index in [1.54, 1.807) is 22.6 Å². The van der Waals surface area contributed by atoms with Crippen molar-refractivity contribution < 1.29 is 9.59 Å². The molecular weight excluding hydrogens is 388 g/mol. The number of aromatic nitrogens is 2. The number of hydrogen-bond donors (Lipinski definition) is 1. The summed E-state index contributed by atoms with van der Waals surface area (Å²) in [5.74, 6) is 0.224. The second-order valence-corrected chi connectivity index (χ2v) is 8.16. The number of halogens is 1. The van der Waals surface area contributed by atoms with Crippen LogP contribution < -0.4 is 10.2 Å². The van der Waals surface area contributed by atoms with E-state index in [1.165, 1.54) is 6.08 Å². The minimum atomic E-state index is -0.240. The summed E-state index contributed by atoms with van der Waals surface area (Å²) in [6.45, 7) is 9.12. The Morgan fingerprint density at radius 3 is 2.79 bits per heavy atom. The van der Waals surface area contributed by atoms with E-state index in [2.05, 4.69) is 24.3 Å². The summed E-state index contributed by atoms with van der Waals surface area (Å²) in [7, 11) is 0. The summed E-state index contributed by atoms with van der Waals surface area (Å²) < 4.78 is 1.77. The Morgan fingerprint density at radius 1 is 1.34 bits per heavy atom. The van der Waals surface area contributed by atoms with Crippen LogP contribution in [0, 0.1) is 12.8 Å². The number of hydrogen-bond acceptors (Lipinski definition) is 3. The molecule has 1 aromatic heterocycles. The number of amides is 2. The van der Waals surface area contributed by atoms with Crippen LogP contribution in [0.4, 0.5) is 11.4 Å². The number of fused-ring (bicyclic) bond motifs is 1. The monoisotopic (exact) mass is 414 g/mol. The van der Waals surface area contributed by atoms with Gasteiger partial charge in [-0.25, -0.2) is 0 Å². The largest absolute Gasteiger partial charge is 0.323 e. The van der Waals surface area contributed by atoms with Gasteiger partial charge in [0.1, 0.15) is 5.15 Å². The van der Waals surface area contributed by atoms with Gasteiger partial charge in [0, 0.05) is 43.0 Å². The summed E-state index contributed by atoms with van der Waals surface area (Å²) in [4.78, 5) is 26.0. The molecule has 0 saturated carbocycles. The predicted molar refractivity (Wildman–Crippen MR) is 117 cm³/mol. The maximum atomic E-state index is 12.4. The van der Waals surface area contributed by atoms with Crippen LogP contribution in [0.15, 0.2) is 24.3 Å². The number of aryl methyl sites for hydroxylation is 2. The maximum Gasteiger partial charge on any atom is 0.248 e. The summed E-state index contributed by atoms with van der Waals surface area (Å²) in [5, 5.41) is 7.88. The second-order valence-electron chi connectivity index (χ2n) is 7.81. The highest BCUT2D eigenvalue weighted by molar-refractivity contribution is 6.31. The summed E-state index contributed by atoms with van der Waals surface area (Å²) >= 11 is 6.42. The molecule has 2 aromatic rings. The molecule has 1 aliphatic rings. The Hall–Kier alpha value is -2.60. The lowest BCUT2D eigenvalue weighted by Gasteiger charge is -2.28. The standard InChI is InChI=1S/C22H27ClN4O2/c1-14(2)13-27-22(23)19(15(3)25-27)8-10-21(29)24-18-7-9-20-17(12-18)6-5-11-26(20)16(4)28/h7-10,12,14H,5-6,11,13H2,1-4H3,(H,24,29)/b10-8+. The number of nitrogens with one attached hydrogen (secondary N) is 1. The average molecular weight is 415 g/mol. The van der Waals surface area contributed by atoms with Gasteiger partial charge in [0.2, 0.25) is 11.8 Å². The molecule has 1 aliphatic heterocycles. The maximum absolute atomic E-state index is 12.4. The van der Waals surface area contributed by atoms with Crippen LogP contribution in [0.3, 0.4) is 0 Å². The zero-order valence-corrected chi connectivity index (χ0v) is 18.1. The van der Waals surface area contributed by atoms with Crippen LogP contribution in [-0.4, -0.2) is 28.1 Å². The van der Waals surface area contributed by atoms with E-state index in [4.69, 9.17) is 11.6 Å². The molecule has 154 valence electrons. The van der Waals surface area contributed by atoms with Crippen LogP contribution in [0.25, 0.3) is 6.08 Å². The molecule has 0 aliphatic carbocycles. The van der Waals surface area contributed by atoms with Crippen LogP contribution >= 0.6 is 11.6 Å². The van der Waals surface area contributed by atoms with Crippen molar-refractivity contribution in [1.29, 1.82) is 0 Å². The van der Waals surface area contributed by atoms with Gasteiger partial charge < -0.3 is 10.2 Å². The smallest absolute Gasteiger partial charge is 0.248 e. The fraction of sp³-hybridized carbons (Fsp3) is 0.409. The number of anilines is 2. The Morgan fingerprint density at radius 2 is 2.10 bits per heavy atom. The molecule has 0 fully saturated rings. The zero-order chi connectivity index (χ0) is 21.1. The van der Waals surface area contributed by atoms with Gasteiger partial charge in [-0.1, -0.05) is 25.4 Å². The van der Waals surface area contributed by atoms with Gasteiger partial charge >= 0.3 is 0 Å². The van der Waals surface area contributed by atoms with Crippen molar-refractivity contribution in [3.05, 3.63) is 46.2 Å². The number of carbonyl (C=O) groups is 2. The summed E-state index contributed by atoms with van der Waals surface area (Å²) in [5.41, 5.74) is 4.25. The summed E-state index contributed by atoms with van der Waals surface area (Å²) in [6, 6.07) is 5.66. The van der Waals surface area contributed by atoms with E-state index in [1.807, 2.05) is 25.1 Å². The fourth-order valence-electron chi connectivity index (χ4n) is 3.57. The molecule has 2 amide bonds. The van der Waals surface area contributed by atoms with E-state index >= 15 is 0 Å². The van der Waals surface area contributed by atoms with E-state index < -0.39 is 0 Å².